The molecule has 3 rings (SSSR count). The number of alkyl halides is 3. The normalized spacial score (nSPS) is 21.5. The molecule has 0 unspecified atom stereocenters. The molecule has 2 fully saturated rings. The summed E-state index contributed by atoms with van der Waals surface area (Å²) >= 11 is 0. The average Bonchev–Trinajstić information content (AvgIpc) is 2.34. The third kappa shape index (κ3) is 3.24. The summed E-state index contributed by atoms with van der Waals surface area (Å²) in [5.74, 6) is 0. The van der Waals surface area contributed by atoms with Crippen molar-refractivity contribution in [2.24, 2.45) is 0 Å². The van der Waals surface area contributed by atoms with E-state index in [4.69, 9.17) is 0 Å². The van der Waals surface area contributed by atoms with Gasteiger partial charge in [-0.05, 0) is 37.8 Å². The lowest BCUT2D eigenvalue weighted by Gasteiger charge is -2.42. The van der Waals surface area contributed by atoms with Crippen molar-refractivity contribution >= 4 is 10.0 Å². The topological polar surface area (TPSA) is 59.1 Å². The van der Waals surface area contributed by atoms with Gasteiger partial charge in [-0.3, -0.25) is 0 Å². The molecule has 0 saturated heterocycles. The molecule has 1 heterocycles. The molecule has 23 heavy (non-hydrogen) atoms. The van der Waals surface area contributed by atoms with Crippen LogP contribution in [0.25, 0.3) is 0 Å². The van der Waals surface area contributed by atoms with Gasteiger partial charge in [-0.2, -0.15) is 13.2 Å². The Balaban J connectivity index is 1.78. The molecule has 0 bridgehead atoms. The number of halogens is 3. The molecule has 0 aliphatic heterocycles. The molecular formula is C15H19F3N2O2S. The summed E-state index contributed by atoms with van der Waals surface area (Å²) in [6.45, 7) is 0.125. The van der Waals surface area contributed by atoms with E-state index >= 15 is 0 Å². The van der Waals surface area contributed by atoms with E-state index in [1.807, 2.05) is 0 Å². The molecule has 1 N–H and O–H groups in total. The summed E-state index contributed by atoms with van der Waals surface area (Å²) in [4.78, 5) is 3.76. The quantitative estimate of drug-likeness (QED) is 0.890. The maximum absolute atomic E-state index is 12.8. The summed E-state index contributed by atoms with van der Waals surface area (Å²) in [5.41, 5.74) is -1.21. The van der Waals surface area contributed by atoms with Crippen LogP contribution >= 0.6 is 0 Å². The second-order valence-corrected chi connectivity index (χ2v) is 8.50. The van der Waals surface area contributed by atoms with Gasteiger partial charge in [0.05, 0.1) is 5.25 Å². The highest BCUT2D eigenvalue weighted by molar-refractivity contribution is 7.90. The summed E-state index contributed by atoms with van der Waals surface area (Å²) in [6, 6.07) is 3.84. The minimum atomic E-state index is -4.49. The number of sulfonamides is 1. The predicted octanol–water partition coefficient (Wildman–Crippen LogP) is 2.99. The van der Waals surface area contributed by atoms with Crippen LogP contribution in [0.15, 0.2) is 18.2 Å². The van der Waals surface area contributed by atoms with Crippen LogP contribution in [0.5, 0.6) is 0 Å². The first-order chi connectivity index (χ1) is 10.7. The standard InChI is InChI=1S/C15H19F3N2O2S/c16-15(17,18)13-7-2-6-12(20-13)14(8-3-9-14)10-19-23(21,22)11-4-1-5-11/h2,6-7,11,19H,1,3-5,8-10H2. The van der Waals surface area contributed by atoms with Gasteiger partial charge in [-0.25, -0.2) is 18.1 Å². The number of hydrogen-bond donors (Lipinski definition) is 1. The van der Waals surface area contributed by atoms with Crippen molar-refractivity contribution in [1.29, 1.82) is 0 Å². The van der Waals surface area contributed by atoms with E-state index in [0.29, 0.717) is 31.4 Å². The minimum absolute atomic E-state index is 0.125. The third-order valence-corrected chi connectivity index (χ3v) is 6.89. The van der Waals surface area contributed by atoms with E-state index in [0.717, 1.165) is 18.9 Å². The predicted molar refractivity (Wildman–Crippen MR) is 79.3 cm³/mol. The van der Waals surface area contributed by atoms with Crippen molar-refractivity contribution in [2.75, 3.05) is 6.54 Å². The zero-order chi connectivity index (χ0) is 16.7. The van der Waals surface area contributed by atoms with E-state index in [1.165, 1.54) is 6.07 Å². The lowest BCUT2D eigenvalue weighted by molar-refractivity contribution is -0.141. The van der Waals surface area contributed by atoms with Crippen molar-refractivity contribution in [3.8, 4) is 0 Å². The Bertz CT molecular complexity index is 680. The number of hydrogen-bond acceptors (Lipinski definition) is 3. The second kappa shape index (κ2) is 5.73. The van der Waals surface area contributed by atoms with Gasteiger partial charge in [0, 0.05) is 17.7 Å². The van der Waals surface area contributed by atoms with Crippen LogP contribution in [0.3, 0.4) is 0 Å². The maximum Gasteiger partial charge on any atom is 0.433 e. The lowest BCUT2D eigenvalue weighted by atomic mass is 9.66. The Hall–Kier alpha value is -1.15. The molecule has 0 spiro atoms. The van der Waals surface area contributed by atoms with Crippen LogP contribution in [0.2, 0.25) is 0 Å². The van der Waals surface area contributed by atoms with Crippen LogP contribution < -0.4 is 4.72 Å². The highest BCUT2D eigenvalue weighted by Gasteiger charge is 2.43. The van der Waals surface area contributed by atoms with Gasteiger partial charge < -0.3 is 0 Å². The van der Waals surface area contributed by atoms with Crippen LogP contribution in [0.1, 0.15) is 49.9 Å². The van der Waals surface area contributed by atoms with Crippen LogP contribution in [0.4, 0.5) is 13.2 Å². The largest absolute Gasteiger partial charge is 0.433 e. The fourth-order valence-corrected chi connectivity index (χ4v) is 4.72. The monoisotopic (exact) mass is 348 g/mol. The SMILES string of the molecule is O=S(=O)(NCC1(c2cccc(C(F)(F)F)n2)CCC1)C1CCC1. The Labute approximate surface area is 133 Å². The van der Waals surface area contributed by atoms with Crippen molar-refractivity contribution in [3.05, 3.63) is 29.6 Å². The van der Waals surface area contributed by atoms with E-state index in [2.05, 4.69) is 9.71 Å². The summed E-state index contributed by atoms with van der Waals surface area (Å²) in [5, 5.41) is -0.353. The molecule has 4 nitrogen and oxygen atoms in total. The molecule has 0 radical (unpaired) electrons. The van der Waals surface area contributed by atoms with E-state index < -0.39 is 27.3 Å². The average molecular weight is 348 g/mol. The first-order valence-electron chi connectivity index (χ1n) is 7.76. The van der Waals surface area contributed by atoms with Crippen molar-refractivity contribution in [2.45, 2.75) is 55.4 Å². The second-order valence-electron chi connectivity index (χ2n) is 6.46. The number of nitrogens with zero attached hydrogens (tertiary/aromatic N) is 1. The van der Waals surface area contributed by atoms with Crippen molar-refractivity contribution in [3.63, 3.8) is 0 Å². The Kier molecular flexibility index (Phi) is 4.16. The van der Waals surface area contributed by atoms with Gasteiger partial charge in [0.25, 0.3) is 0 Å². The van der Waals surface area contributed by atoms with Gasteiger partial charge in [-0.1, -0.05) is 18.9 Å². The van der Waals surface area contributed by atoms with Crippen molar-refractivity contribution < 1.29 is 21.6 Å². The number of nitrogens with one attached hydrogen (secondary N) is 1. The molecule has 8 heteroatoms. The lowest BCUT2D eigenvalue weighted by Crippen LogP contribution is -2.49. The van der Waals surface area contributed by atoms with E-state index in [9.17, 15) is 21.6 Å². The number of rotatable bonds is 5. The fraction of sp³-hybridized carbons (Fsp3) is 0.667. The molecule has 1 aromatic rings. The van der Waals surface area contributed by atoms with Crippen LogP contribution in [0, 0.1) is 0 Å². The van der Waals surface area contributed by atoms with Gasteiger partial charge in [0.15, 0.2) is 0 Å². The smallest absolute Gasteiger partial charge is 0.248 e. The van der Waals surface area contributed by atoms with E-state index in [1.54, 1.807) is 6.07 Å². The summed E-state index contributed by atoms with van der Waals surface area (Å²) in [6.07, 6.45) is -0.112. The maximum atomic E-state index is 12.8. The first-order valence-corrected chi connectivity index (χ1v) is 9.31. The van der Waals surface area contributed by atoms with E-state index in [-0.39, 0.29) is 11.8 Å². The first kappa shape index (κ1) is 16.7. The molecule has 0 amide bonds. The molecule has 128 valence electrons. The van der Waals surface area contributed by atoms with Gasteiger partial charge in [0.2, 0.25) is 10.0 Å². The van der Waals surface area contributed by atoms with Gasteiger partial charge in [0.1, 0.15) is 5.69 Å². The zero-order valence-electron chi connectivity index (χ0n) is 12.6. The Morgan fingerprint density at radius 1 is 1.22 bits per heavy atom. The number of pyridine rings is 1. The molecule has 0 aromatic carbocycles. The minimum Gasteiger partial charge on any atom is -0.248 e. The third-order valence-electron chi connectivity index (χ3n) is 5.00. The summed E-state index contributed by atoms with van der Waals surface area (Å²) < 4.78 is 65.4. The number of aromatic nitrogens is 1. The summed E-state index contributed by atoms with van der Waals surface area (Å²) in [7, 11) is -3.38. The molecular weight excluding hydrogens is 329 g/mol. The molecule has 0 atom stereocenters. The molecule has 2 aliphatic carbocycles. The molecule has 2 aliphatic rings. The van der Waals surface area contributed by atoms with Crippen LogP contribution in [-0.4, -0.2) is 25.2 Å². The highest BCUT2D eigenvalue weighted by Crippen LogP contribution is 2.43. The fourth-order valence-electron chi connectivity index (χ4n) is 3.05. The highest BCUT2D eigenvalue weighted by atomic mass is 32.2. The molecule has 2 saturated carbocycles. The van der Waals surface area contributed by atoms with Crippen LogP contribution in [-0.2, 0) is 21.6 Å². The Morgan fingerprint density at radius 3 is 2.39 bits per heavy atom. The Morgan fingerprint density at radius 2 is 1.91 bits per heavy atom. The molecule has 1 aromatic heterocycles. The van der Waals surface area contributed by atoms with Gasteiger partial charge >= 0.3 is 6.18 Å². The van der Waals surface area contributed by atoms with Gasteiger partial charge in [-0.15, -0.1) is 0 Å². The van der Waals surface area contributed by atoms with Crippen molar-refractivity contribution in [1.82, 2.24) is 9.71 Å². The zero-order valence-corrected chi connectivity index (χ0v) is 13.4.